The molecule has 7 heteroatoms. The number of rotatable bonds is 4. The topological polar surface area (TPSA) is 85.1 Å². The molecule has 120 valence electrons. The van der Waals surface area contributed by atoms with Gasteiger partial charge >= 0.3 is 0 Å². The van der Waals surface area contributed by atoms with E-state index in [1.807, 2.05) is 39.0 Å². The molecule has 3 aromatic rings. The molecular weight excluding hydrogens is 314 g/mol. The van der Waals surface area contributed by atoms with E-state index >= 15 is 0 Å². The normalized spacial score (nSPS) is 13.3. The van der Waals surface area contributed by atoms with Crippen molar-refractivity contribution in [2.45, 2.75) is 31.7 Å². The molecule has 0 spiro atoms. The largest absolute Gasteiger partial charge is 0.243 e. The Hall–Kier alpha value is -2.25. The third-order valence-electron chi connectivity index (χ3n) is 3.90. The molecular formula is C16H17N3O3S. The zero-order valence-corrected chi connectivity index (χ0v) is 13.9. The van der Waals surface area contributed by atoms with Gasteiger partial charge in [0, 0.05) is 6.04 Å². The minimum atomic E-state index is -3.74. The summed E-state index contributed by atoms with van der Waals surface area (Å²) >= 11 is 0. The van der Waals surface area contributed by atoms with Crippen molar-refractivity contribution in [3.8, 4) is 0 Å². The van der Waals surface area contributed by atoms with Crippen LogP contribution in [-0.4, -0.2) is 18.7 Å². The highest BCUT2D eigenvalue weighted by atomic mass is 32.2. The van der Waals surface area contributed by atoms with Crippen molar-refractivity contribution in [3.63, 3.8) is 0 Å². The zero-order valence-electron chi connectivity index (χ0n) is 13.1. The lowest BCUT2D eigenvalue weighted by atomic mass is 10.0. The predicted octanol–water partition coefficient (Wildman–Crippen LogP) is 2.88. The van der Waals surface area contributed by atoms with Gasteiger partial charge in [0.05, 0.1) is 0 Å². The molecule has 0 bridgehead atoms. The highest BCUT2D eigenvalue weighted by Gasteiger charge is 2.23. The lowest BCUT2D eigenvalue weighted by Crippen LogP contribution is -2.27. The maximum absolute atomic E-state index is 12.7. The second-order valence-electron chi connectivity index (χ2n) is 5.57. The molecule has 23 heavy (non-hydrogen) atoms. The van der Waals surface area contributed by atoms with Gasteiger partial charge in [-0.2, -0.15) is 0 Å². The van der Waals surface area contributed by atoms with E-state index in [2.05, 4.69) is 19.7 Å². The van der Waals surface area contributed by atoms with E-state index in [0.717, 1.165) is 11.1 Å². The van der Waals surface area contributed by atoms with Gasteiger partial charge in [-0.05, 0) is 59.9 Å². The highest BCUT2D eigenvalue weighted by molar-refractivity contribution is 7.89. The first kappa shape index (κ1) is 15.6. The summed E-state index contributed by atoms with van der Waals surface area (Å²) in [4.78, 5) is 0.0620. The molecule has 1 aromatic heterocycles. The second-order valence-corrected chi connectivity index (χ2v) is 7.26. The molecule has 0 fully saturated rings. The van der Waals surface area contributed by atoms with Crippen LogP contribution >= 0.6 is 0 Å². The molecule has 1 heterocycles. The predicted molar refractivity (Wildman–Crippen MR) is 86.5 cm³/mol. The van der Waals surface area contributed by atoms with E-state index in [9.17, 15) is 8.42 Å². The van der Waals surface area contributed by atoms with Crippen LogP contribution < -0.4 is 4.72 Å². The lowest BCUT2D eigenvalue weighted by Gasteiger charge is -2.16. The number of benzene rings is 2. The van der Waals surface area contributed by atoms with Crippen molar-refractivity contribution in [2.24, 2.45) is 0 Å². The first-order valence-electron chi connectivity index (χ1n) is 7.19. The van der Waals surface area contributed by atoms with Crippen LogP contribution in [0.3, 0.4) is 0 Å². The van der Waals surface area contributed by atoms with Crippen molar-refractivity contribution in [2.75, 3.05) is 0 Å². The second kappa shape index (κ2) is 5.75. The first-order chi connectivity index (χ1) is 10.9. The van der Waals surface area contributed by atoms with Crippen LogP contribution in [0, 0.1) is 13.8 Å². The van der Waals surface area contributed by atoms with Crippen molar-refractivity contribution < 1.29 is 13.0 Å². The molecule has 0 aliphatic rings. The van der Waals surface area contributed by atoms with Crippen LogP contribution in [-0.2, 0) is 10.0 Å². The fourth-order valence-electron chi connectivity index (χ4n) is 2.40. The highest BCUT2D eigenvalue weighted by Crippen LogP contribution is 2.23. The van der Waals surface area contributed by atoms with E-state index in [4.69, 9.17) is 0 Å². The summed E-state index contributed by atoms with van der Waals surface area (Å²) in [6.45, 7) is 5.83. The summed E-state index contributed by atoms with van der Waals surface area (Å²) < 4.78 is 32.6. The van der Waals surface area contributed by atoms with E-state index in [0.29, 0.717) is 5.52 Å². The summed E-state index contributed by atoms with van der Waals surface area (Å²) in [5, 5.41) is 7.36. The van der Waals surface area contributed by atoms with Gasteiger partial charge in [0.15, 0.2) is 5.52 Å². The van der Waals surface area contributed by atoms with Crippen molar-refractivity contribution in [1.29, 1.82) is 0 Å². The molecule has 0 saturated heterocycles. The number of nitrogens with one attached hydrogen (secondary N) is 1. The molecule has 3 rings (SSSR count). The minimum absolute atomic E-state index is 0.0620. The van der Waals surface area contributed by atoms with Crippen LogP contribution in [0.4, 0.5) is 0 Å². The van der Waals surface area contributed by atoms with Crippen LogP contribution in [0.5, 0.6) is 0 Å². The lowest BCUT2D eigenvalue weighted by molar-refractivity contribution is 0.315. The van der Waals surface area contributed by atoms with Gasteiger partial charge in [-0.1, -0.05) is 24.3 Å². The molecule has 0 aliphatic heterocycles. The quantitative estimate of drug-likeness (QED) is 0.794. The number of sulfonamides is 1. The van der Waals surface area contributed by atoms with Gasteiger partial charge in [0.1, 0.15) is 10.4 Å². The Labute approximate surface area is 134 Å². The summed E-state index contributed by atoms with van der Waals surface area (Å²) in [5.41, 5.74) is 3.83. The average molecular weight is 331 g/mol. The SMILES string of the molecule is Cc1ccc([C@H](C)NS(=O)(=O)c2cccc3nonc23)cc1C. The molecule has 0 saturated carbocycles. The van der Waals surface area contributed by atoms with E-state index in [-0.39, 0.29) is 16.5 Å². The third kappa shape index (κ3) is 2.97. The fourth-order valence-corrected chi connectivity index (χ4v) is 3.78. The Kier molecular flexibility index (Phi) is 3.91. The molecule has 1 N–H and O–H groups in total. The van der Waals surface area contributed by atoms with Crippen LogP contribution in [0.15, 0.2) is 45.9 Å². The Balaban J connectivity index is 1.94. The number of hydrogen-bond acceptors (Lipinski definition) is 5. The molecule has 1 atom stereocenters. The molecule has 0 aliphatic carbocycles. The summed E-state index contributed by atoms with van der Waals surface area (Å²) in [5.74, 6) is 0. The Bertz CT molecular complexity index is 964. The fraction of sp³-hybridized carbons (Fsp3) is 0.250. The summed E-state index contributed by atoms with van der Waals surface area (Å²) in [6, 6.07) is 10.3. The van der Waals surface area contributed by atoms with Gasteiger partial charge in [0.25, 0.3) is 0 Å². The Morgan fingerprint density at radius 1 is 1.09 bits per heavy atom. The van der Waals surface area contributed by atoms with Gasteiger partial charge in [-0.15, -0.1) is 0 Å². The van der Waals surface area contributed by atoms with Crippen LogP contribution in [0.1, 0.15) is 29.7 Å². The van der Waals surface area contributed by atoms with Gasteiger partial charge < -0.3 is 0 Å². The van der Waals surface area contributed by atoms with E-state index in [1.54, 1.807) is 12.1 Å². The monoisotopic (exact) mass is 331 g/mol. The number of aromatic nitrogens is 2. The average Bonchev–Trinajstić information content (AvgIpc) is 2.97. The van der Waals surface area contributed by atoms with Crippen molar-refractivity contribution >= 4 is 21.1 Å². The van der Waals surface area contributed by atoms with Gasteiger partial charge in [0.2, 0.25) is 10.0 Å². The molecule has 6 nitrogen and oxygen atoms in total. The Morgan fingerprint density at radius 3 is 2.61 bits per heavy atom. The molecule has 2 aromatic carbocycles. The summed E-state index contributed by atoms with van der Waals surface area (Å²) in [7, 11) is -3.74. The van der Waals surface area contributed by atoms with Gasteiger partial charge in [-0.25, -0.2) is 17.8 Å². The van der Waals surface area contributed by atoms with Gasteiger partial charge in [-0.3, -0.25) is 0 Å². The zero-order chi connectivity index (χ0) is 16.6. The third-order valence-corrected chi connectivity index (χ3v) is 5.47. The molecule has 0 radical (unpaired) electrons. The van der Waals surface area contributed by atoms with Crippen molar-refractivity contribution in [1.82, 2.24) is 15.0 Å². The maximum atomic E-state index is 12.7. The Morgan fingerprint density at radius 2 is 1.87 bits per heavy atom. The van der Waals surface area contributed by atoms with E-state index < -0.39 is 10.0 Å². The number of fused-ring (bicyclic) bond motifs is 1. The van der Waals surface area contributed by atoms with Crippen LogP contribution in [0.25, 0.3) is 11.0 Å². The van der Waals surface area contributed by atoms with E-state index in [1.165, 1.54) is 11.6 Å². The molecule has 0 amide bonds. The number of aryl methyl sites for hydroxylation is 2. The summed E-state index contributed by atoms with van der Waals surface area (Å²) in [6.07, 6.45) is 0. The van der Waals surface area contributed by atoms with Crippen molar-refractivity contribution in [3.05, 3.63) is 53.1 Å². The first-order valence-corrected chi connectivity index (χ1v) is 8.67. The number of hydrogen-bond donors (Lipinski definition) is 1. The standard InChI is InChI=1S/C16H17N3O3S/c1-10-7-8-13(9-11(10)2)12(3)19-23(20,21)15-6-4-5-14-16(15)18-22-17-14/h4-9,12,19H,1-3H3/t12-/m0/s1. The number of nitrogens with zero attached hydrogens (tertiary/aromatic N) is 2. The smallest absolute Gasteiger partial charge is 0.243 e. The molecule has 0 unspecified atom stereocenters. The van der Waals surface area contributed by atoms with Crippen LogP contribution in [0.2, 0.25) is 0 Å². The minimum Gasteiger partial charge on any atom is -0.243 e. The maximum Gasteiger partial charge on any atom is 0.243 e.